The Labute approximate surface area is 102 Å². The van der Waals surface area contributed by atoms with Gasteiger partial charge in [-0.3, -0.25) is 0 Å². The average molecular weight is 222 g/mol. The van der Waals surface area contributed by atoms with E-state index in [9.17, 15) is 0 Å². The summed E-state index contributed by atoms with van der Waals surface area (Å²) in [5.74, 6) is 1.80. The van der Waals surface area contributed by atoms with E-state index in [0.717, 1.165) is 22.7 Å². The van der Waals surface area contributed by atoms with Gasteiger partial charge in [0.25, 0.3) is 0 Å². The third-order valence-electron chi connectivity index (χ3n) is 6.29. The molecule has 0 heteroatoms. The van der Waals surface area contributed by atoms with E-state index in [1.807, 2.05) is 0 Å². The number of fused-ring (bicyclic) bond motifs is 5. The molecule has 3 rings (SSSR count). The van der Waals surface area contributed by atoms with Gasteiger partial charge in [-0.1, -0.05) is 40.5 Å². The van der Waals surface area contributed by atoms with Gasteiger partial charge in [0, 0.05) is 0 Å². The van der Waals surface area contributed by atoms with Crippen LogP contribution in [0.4, 0.5) is 0 Å². The minimum Gasteiger partial charge on any atom is -0.0622 e. The van der Waals surface area contributed by atoms with Crippen molar-refractivity contribution in [3.63, 3.8) is 0 Å². The Bertz CT molecular complexity index is 202. The quantitative estimate of drug-likeness (QED) is 0.585. The predicted molar refractivity (Wildman–Crippen MR) is 71.5 cm³/mol. The monoisotopic (exact) mass is 222 g/mol. The molecule has 3 aliphatic carbocycles. The SMILES string of the molecule is CC(C)C12CCCCC(C(C)C)(CC1)CC2. The maximum atomic E-state index is 2.46. The highest BCUT2D eigenvalue weighted by atomic mass is 14.5. The third kappa shape index (κ3) is 1.93. The molecule has 3 saturated carbocycles. The van der Waals surface area contributed by atoms with E-state index in [2.05, 4.69) is 27.7 Å². The van der Waals surface area contributed by atoms with Gasteiger partial charge < -0.3 is 0 Å². The van der Waals surface area contributed by atoms with Crippen molar-refractivity contribution in [2.24, 2.45) is 22.7 Å². The maximum Gasteiger partial charge on any atom is -0.0274 e. The van der Waals surface area contributed by atoms with Gasteiger partial charge in [-0.25, -0.2) is 0 Å². The summed E-state index contributed by atoms with van der Waals surface area (Å²) in [5.41, 5.74) is 1.44. The molecule has 0 radical (unpaired) electrons. The van der Waals surface area contributed by atoms with Gasteiger partial charge in [-0.15, -0.1) is 0 Å². The lowest BCUT2D eigenvalue weighted by molar-refractivity contribution is -0.0179. The van der Waals surface area contributed by atoms with Crippen LogP contribution in [0, 0.1) is 22.7 Å². The van der Waals surface area contributed by atoms with Crippen LogP contribution < -0.4 is 0 Å². The highest BCUT2D eigenvalue weighted by Gasteiger charge is 2.46. The fourth-order valence-corrected chi connectivity index (χ4v) is 4.43. The van der Waals surface area contributed by atoms with Gasteiger partial charge in [0.1, 0.15) is 0 Å². The van der Waals surface area contributed by atoms with Crippen molar-refractivity contribution in [3.05, 3.63) is 0 Å². The molecule has 0 N–H and O–H groups in total. The van der Waals surface area contributed by atoms with Crippen LogP contribution in [0.5, 0.6) is 0 Å². The van der Waals surface area contributed by atoms with Crippen LogP contribution in [-0.4, -0.2) is 0 Å². The van der Waals surface area contributed by atoms with Crippen molar-refractivity contribution in [2.75, 3.05) is 0 Å². The Kier molecular flexibility index (Phi) is 3.39. The van der Waals surface area contributed by atoms with E-state index in [0.29, 0.717) is 0 Å². The fraction of sp³-hybridized carbons (Fsp3) is 1.00. The first-order chi connectivity index (χ1) is 7.51. The Morgan fingerprint density at radius 3 is 1.12 bits per heavy atom. The lowest BCUT2D eigenvalue weighted by atomic mass is 9.52. The van der Waals surface area contributed by atoms with Crippen LogP contribution in [0.2, 0.25) is 0 Å². The van der Waals surface area contributed by atoms with Crippen LogP contribution in [-0.2, 0) is 0 Å². The Morgan fingerprint density at radius 1 is 0.562 bits per heavy atom. The van der Waals surface area contributed by atoms with E-state index < -0.39 is 0 Å². The summed E-state index contributed by atoms with van der Waals surface area (Å²) < 4.78 is 0. The van der Waals surface area contributed by atoms with Crippen LogP contribution in [0.1, 0.15) is 79.1 Å². The van der Waals surface area contributed by atoms with Crippen LogP contribution in [0.15, 0.2) is 0 Å². The second kappa shape index (κ2) is 4.35. The molecule has 3 aliphatic rings. The topological polar surface area (TPSA) is 0 Å². The van der Waals surface area contributed by atoms with Gasteiger partial charge in [0.15, 0.2) is 0 Å². The molecule has 0 unspecified atom stereocenters. The van der Waals surface area contributed by atoms with Gasteiger partial charge in [-0.05, 0) is 61.2 Å². The normalized spacial score (nSPS) is 40.1. The van der Waals surface area contributed by atoms with Crippen LogP contribution >= 0.6 is 0 Å². The number of rotatable bonds is 2. The third-order valence-corrected chi connectivity index (χ3v) is 6.29. The highest BCUT2D eigenvalue weighted by Crippen LogP contribution is 2.58. The lowest BCUT2D eigenvalue weighted by Crippen LogP contribution is -2.41. The number of hydrogen-bond donors (Lipinski definition) is 0. The van der Waals surface area contributed by atoms with E-state index in [1.54, 1.807) is 0 Å². The number of hydrogen-bond acceptors (Lipinski definition) is 0. The van der Waals surface area contributed by atoms with Crippen molar-refractivity contribution in [3.8, 4) is 0 Å². The zero-order valence-electron chi connectivity index (χ0n) is 11.8. The Hall–Kier alpha value is 0. The van der Waals surface area contributed by atoms with Gasteiger partial charge in [-0.2, -0.15) is 0 Å². The first-order valence-corrected chi connectivity index (χ1v) is 7.51. The van der Waals surface area contributed by atoms with E-state index >= 15 is 0 Å². The molecular formula is C16H30. The van der Waals surface area contributed by atoms with E-state index in [4.69, 9.17) is 0 Å². The molecule has 0 spiro atoms. The maximum absolute atomic E-state index is 2.46. The lowest BCUT2D eigenvalue weighted by Gasteiger charge is -2.53. The largest absolute Gasteiger partial charge is 0.0622 e. The molecule has 0 amide bonds. The van der Waals surface area contributed by atoms with Crippen molar-refractivity contribution in [2.45, 2.75) is 79.1 Å². The second-order valence-corrected chi connectivity index (χ2v) is 7.24. The van der Waals surface area contributed by atoms with E-state index in [1.165, 1.54) is 51.4 Å². The molecule has 0 aromatic carbocycles. The Balaban J connectivity index is 2.18. The summed E-state index contributed by atoms with van der Waals surface area (Å²) in [6, 6.07) is 0. The fourth-order valence-electron chi connectivity index (χ4n) is 4.43. The zero-order valence-corrected chi connectivity index (χ0v) is 11.8. The van der Waals surface area contributed by atoms with Crippen molar-refractivity contribution in [1.29, 1.82) is 0 Å². The van der Waals surface area contributed by atoms with E-state index in [-0.39, 0.29) is 0 Å². The molecule has 0 aliphatic heterocycles. The van der Waals surface area contributed by atoms with Crippen molar-refractivity contribution < 1.29 is 0 Å². The smallest absolute Gasteiger partial charge is 0.0274 e. The van der Waals surface area contributed by atoms with Crippen molar-refractivity contribution in [1.82, 2.24) is 0 Å². The summed E-state index contributed by atoms with van der Waals surface area (Å²) >= 11 is 0. The summed E-state index contributed by atoms with van der Waals surface area (Å²) in [7, 11) is 0. The first-order valence-electron chi connectivity index (χ1n) is 7.51. The van der Waals surface area contributed by atoms with Gasteiger partial charge >= 0.3 is 0 Å². The average Bonchev–Trinajstić information content (AvgIpc) is 2.19. The van der Waals surface area contributed by atoms with Crippen LogP contribution in [0.25, 0.3) is 0 Å². The first kappa shape index (κ1) is 12.5. The molecule has 0 saturated heterocycles. The van der Waals surface area contributed by atoms with Gasteiger partial charge in [0.05, 0.1) is 0 Å². The molecule has 16 heavy (non-hydrogen) atoms. The molecule has 0 aromatic heterocycles. The summed E-state index contributed by atoms with van der Waals surface area (Å²) in [6.07, 6.45) is 12.1. The molecule has 2 bridgehead atoms. The Morgan fingerprint density at radius 2 is 0.875 bits per heavy atom. The summed E-state index contributed by atoms with van der Waals surface area (Å²) in [6.45, 7) is 9.85. The van der Waals surface area contributed by atoms with Crippen molar-refractivity contribution >= 4 is 0 Å². The van der Waals surface area contributed by atoms with Crippen LogP contribution in [0.3, 0.4) is 0 Å². The molecule has 94 valence electrons. The predicted octanol–water partition coefficient (Wildman–Crippen LogP) is 5.42. The highest BCUT2D eigenvalue weighted by molar-refractivity contribution is 4.97. The van der Waals surface area contributed by atoms with Gasteiger partial charge in [0.2, 0.25) is 0 Å². The molecule has 0 nitrogen and oxygen atoms in total. The minimum absolute atomic E-state index is 0.721. The summed E-state index contributed by atoms with van der Waals surface area (Å²) in [5, 5.41) is 0. The molecule has 3 fully saturated rings. The summed E-state index contributed by atoms with van der Waals surface area (Å²) in [4.78, 5) is 0. The minimum atomic E-state index is 0.721. The molecule has 0 aromatic rings. The second-order valence-electron chi connectivity index (χ2n) is 7.24. The molecule has 0 heterocycles. The molecular weight excluding hydrogens is 192 g/mol. The molecule has 0 atom stereocenters. The standard InChI is InChI=1S/C16H30/c1-13(2)15-7-5-6-8-16(11-9-15,12-10-15)14(3)4/h13-14H,5-12H2,1-4H3. The zero-order chi connectivity index (χ0) is 11.8.